The number of nitrogens with one attached hydrogen (secondary N) is 1. The number of piperidine rings is 2. The van der Waals surface area contributed by atoms with Crippen molar-refractivity contribution in [3.63, 3.8) is 0 Å². The number of Topliss-reactive ketones (excluding diaryl/α,β-unsaturated/α-hetero) is 1. The van der Waals surface area contributed by atoms with Gasteiger partial charge in [0.1, 0.15) is 29.1 Å². The number of aryl methyl sites for hydroxylation is 1. The van der Waals surface area contributed by atoms with Gasteiger partial charge in [0.25, 0.3) is 17.4 Å². The number of ether oxygens (including phenoxy) is 4. The van der Waals surface area contributed by atoms with E-state index < -0.39 is 29.7 Å². The smallest absolute Gasteiger partial charge is 0.266 e. The molecule has 0 radical (unpaired) electrons. The van der Waals surface area contributed by atoms with Crippen molar-refractivity contribution < 1.29 is 42.9 Å². The first kappa shape index (κ1) is 40.8. The monoisotopic (exact) mass is 820 g/mol. The summed E-state index contributed by atoms with van der Waals surface area (Å²) in [6.07, 6.45) is 7.50. The van der Waals surface area contributed by atoms with E-state index in [4.69, 9.17) is 18.9 Å². The number of carbonyl (C=O) groups is 5. The molecule has 1 N–H and O–H groups in total. The number of pyridine rings is 2. The normalized spacial score (nSPS) is 19.4. The number of amides is 4. The lowest BCUT2D eigenvalue weighted by atomic mass is 9.88. The molecule has 3 fully saturated rings. The van der Waals surface area contributed by atoms with Gasteiger partial charge in [-0.1, -0.05) is 6.07 Å². The third kappa shape index (κ3) is 7.89. The SMILES string of the molecule is COc1cc(-c2cn(C)c(=O)c3cnccc23)cc(OC)c1CN1CCC2(CC1)CN(CC(=O)CCCOc1cccc3c1C(=O)N(C1CCC(=O)NC1=O)C3=O)CCO2. The van der Waals surface area contributed by atoms with Gasteiger partial charge in [0.05, 0.1) is 61.7 Å². The summed E-state index contributed by atoms with van der Waals surface area (Å²) in [5.41, 5.74) is 2.43. The molecule has 1 unspecified atom stereocenters. The highest BCUT2D eigenvalue weighted by Crippen LogP contribution is 2.39. The molecule has 0 aliphatic carbocycles. The van der Waals surface area contributed by atoms with Crippen LogP contribution in [0, 0.1) is 0 Å². The fraction of sp³-hybridized carbons (Fsp3) is 0.432. The molecule has 8 rings (SSSR count). The molecule has 6 heterocycles. The summed E-state index contributed by atoms with van der Waals surface area (Å²) in [5.74, 6) is -0.669. The van der Waals surface area contributed by atoms with Crippen LogP contribution in [0.25, 0.3) is 21.9 Å². The van der Waals surface area contributed by atoms with E-state index in [-0.39, 0.29) is 59.7 Å². The number of fused-ring (bicyclic) bond motifs is 2. The molecule has 16 nitrogen and oxygen atoms in total. The highest BCUT2D eigenvalue weighted by atomic mass is 16.5. The number of methoxy groups -OCH3 is 2. The Morgan fingerprint density at radius 2 is 1.70 bits per heavy atom. The van der Waals surface area contributed by atoms with Crippen molar-refractivity contribution in [3.8, 4) is 28.4 Å². The second-order valence-corrected chi connectivity index (χ2v) is 15.9. The first-order valence-electron chi connectivity index (χ1n) is 20.3. The van der Waals surface area contributed by atoms with Crippen LogP contribution in [0.15, 0.2) is 59.8 Å². The van der Waals surface area contributed by atoms with E-state index in [2.05, 4.69) is 20.1 Å². The number of aromatic nitrogens is 2. The highest BCUT2D eigenvalue weighted by molar-refractivity contribution is 6.24. The molecule has 60 heavy (non-hydrogen) atoms. The summed E-state index contributed by atoms with van der Waals surface area (Å²) in [7, 11) is 5.02. The fourth-order valence-corrected chi connectivity index (χ4v) is 8.92. The highest BCUT2D eigenvalue weighted by Gasteiger charge is 2.46. The first-order valence-corrected chi connectivity index (χ1v) is 20.3. The van der Waals surface area contributed by atoms with Gasteiger partial charge in [0.15, 0.2) is 0 Å². The number of likely N-dealkylation sites (tertiary alicyclic amines) is 1. The molecule has 0 bridgehead atoms. The number of imide groups is 2. The Morgan fingerprint density at radius 3 is 2.43 bits per heavy atom. The summed E-state index contributed by atoms with van der Waals surface area (Å²) in [4.78, 5) is 86.2. The van der Waals surface area contributed by atoms with Gasteiger partial charge in [0.2, 0.25) is 11.8 Å². The second kappa shape index (κ2) is 17.0. The summed E-state index contributed by atoms with van der Waals surface area (Å²) in [6.45, 7) is 4.49. The predicted octanol–water partition coefficient (Wildman–Crippen LogP) is 3.11. The molecule has 314 valence electrons. The Bertz CT molecular complexity index is 2410. The fourth-order valence-electron chi connectivity index (χ4n) is 8.92. The van der Waals surface area contributed by atoms with Crippen molar-refractivity contribution in [2.75, 3.05) is 60.2 Å². The van der Waals surface area contributed by atoms with Crippen LogP contribution in [-0.4, -0.2) is 125 Å². The van der Waals surface area contributed by atoms with E-state index in [0.29, 0.717) is 56.1 Å². The van der Waals surface area contributed by atoms with Gasteiger partial charge in [0, 0.05) is 76.8 Å². The van der Waals surface area contributed by atoms with Crippen LogP contribution < -0.4 is 25.1 Å². The number of rotatable bonds is 13. The van der Waals surface area contributed by atoms with E-state index in [9.17, 15) is 28.8 Å². The molecule has 1 spiro atoms. The van der Waals surface area contributed by atoms with Crippen molar-refractivity contribution in [2.45, 2.75) is 56.7 Å². The molecule has 4 aliphatic rings. The average Bonchev–Trinajstić information content (AvgIpc) is 3.50. The minimum absolute atomic E-state index is 0.0349. The van der Waals surface area contributed by atoms with Gasteiger partial charge >= 0.3 is 0 Å². The molecule has 16 heteroatoms. The quantitative estimate of drug-likeness (QED) is 0.154. The molecule has 4 aliphatic heterocycles. The number of ketones is 1. The number of hydrogen-bond donors (Lipinski definition) is 1. The topological polar surface area (TPSA) is 179 Å². The van der Waals surface area contributed by atoms with Crippen molar-refractivity contribution in [2.24, 2.45) is 7.05 Å². The lowest BCUT2D eigenvalue weighted by molar-refractivity contribution is -0.143. The van der Waals surface area contributed by atoms with Crippen LogP contribution in [0.1, 0.15) is 64.8 Å². The molecule has 2 aromatic heterocycles. The molecular weight excluding hydrogens is 773 g/mol. The van der Waals surface area contributed by atoms with Gasteiger partial charge in [-0.3, -0.25) is 53.8 Å². The second-order valence-electron chi connectivity index (χ2n) is 15.9. The van der Waals surface area contributed by atoms with Gasteiger partial charge in [-0.25, -0.2) is 0 Å². The maximum absolute atomic E-state index is 13.4. The van der Waals surface area contributed by atoms with Gasteiger partial charge in [-0.05, 0) is 67.0 Å². The molecule has 1 atom stereocenters. The number of morpholine rings is 1. The number of hydrogen-bond acceptors (Lipinski definition) is 13. The summed E-state index contributed by atoms with van der Waals surface area (Å²) in [5, 5.41) is 3.54. The molecule has 3 saturated heterocycles. The van der Waals surface area contributed by atoms with Crippen LogP contribution >= 0.6 is 0 Å². The number of nitrogens with zero attached hydrogens (tertiary/aromatic N) is 5. The molecule has 4 aromatic rings. The van der Waals surface area contributed by atoms with Crippen LogP contribution in [0.4, 0.5) is 0 Å². The summed E-state index contributed by atoms with van der Waals surface area (Å²) >= 11 is 0. The lowest BCUT2D eigenvalue weighted by Crippen LogP contribution is -2.57. The third-order valence-electron chi connectivity index (χ3n) is 12.1. The Morgan fingerprint density at radius 1 is 0.933 bits per heavy atom. The first-order chi connectivity index (χ1) is 29.0. The van der Waals surface area contributed by atoms with E-state index in [0.717, 1.165) is 52.9 Å². The zero-order valence-electron chi connectivity index (χ0n) is 34.0. The third-order valence-corrected chi connectivity index (χ3v) is 12.1. The van der Waals surface area contributed by atoms with Crippen LogP contribution in [0.2, 0.25) is 0 Å². The molecule has 4 amide bonds. The summed E-state index contributed by atoms with van der Waals surface area (Å²) < 4.78 is 25.8. The Kier molecular flexibility index (Phi) is 11.5. The van der Waals surface area contributed by atoms with Crippen molar-refractivity contribution in [1.29, 1.82) is 0 Å². The van der Waals surface area contributed by atoms with Crippen molar-refractivity contribution in [1.82, 2.24) is 29.6 Å². The molecular formula is C44H48N6O10. The van der Waals surface area contributed by atoms with E-state index in [1.165, 1.54) is 6.07 Å². The molecule has 0 saturated carbocycles. The Hall–Kier alpha value is -5.97. The minimum Gasteiger partial charge on any atom is -0.496 e. The maximum Gasteiger partial charge on any atom is 0.266 e. The molecule has 2 aromatic carbocycles. The minimum atomic E-state index is -1.06. The van der Waals surface area contributed by atoms with Crippen LogP contribution in [0.5, 0.6) is 17.2 Å². The predicted molar refractivity (Wildman–Crippen MR) is 218 cm³/mol. The van der Waals surface area contributed by atoms with E-state index in [1.807, 2.05) is 24.4 Å². The van der Waals surface area contributed by atoms with E-state index in [1.54, 1.807) is 50.4 Å². The van der Waals surface area contributed by atoms with Crippen molar-refractivity contribution >= 4 is 40.2 Å². The lowest BCUT2D eigenvalue weighted by Gasteiger charge is -2.47. The van der Waals surface area contributed by atoms with E-state index >= 15 is 0 Å². The van der Waals surface area contributed by atoms with Crippen molar-refractivity contribution in [3.05, 3.63) is 82.0 Å². The standard InChI is InChI=1S/C44H48N6O10/c1-47-24-32(29-11-14-45-22-31(29)41(47)54)27-20-36(57-2)33(37(21-27)58-3)25-48-15-12-44(13-16-48)26-49(17-19-60-44)23-28(51)6-5-18-59-35-8-4-7-30-39(35)43(56)50(42(30)55)34-9-10-38(52)46-40(34)53/h4,7-8,11,14,20-22,24,34H,5-6,9-10,12-13,15-19,23,25-26H2,1-3H3,(H,46,52,53). The van der Waals surface area contributed by atoms with Gasteiger partial charge < -0.3 is 23.5 Å². The van der Waals surface area contributed by atoms with Gasteiger partial charge in [-0.15, -0.1) is 0 Å². The van der Waals surface area contributed by atoms with Crippen LogP contribution in [-0.2, 0) is 32.7 Å². The largest absolute Gasteiger partial charge is 0.496 e. The van der Waals surface area contributed by atoms with Crippen LogP contribution in [0.3, 0.4) is 0 Å². The Labute approximate surface area is 346 Å². The maximum atomic E-state index is 13.4. The number of carbonyl (C=O) groups excluding carboxylic acids is 5. The zero-order chi connectivity index (χ0) is 42.1. The zero-order valence-corrected chi connectivity index (χ0v) is 34.0. The van der Waals surface area contributed by atoms with Gasteiger partial charge in [-0.2, -0.15) is 0 Å². The summed E-state index contributed by atoms with van der Waals surface area (Å²) in [6, 6.07) is 9.49. The Balaban J connectivity index is 0.836. The number of benzene rings is 2. The average molecular weight is 821 g/mol.